The predicted molar refractivity (Wildman–Crippen MR) is 57.5 cm³/mol. The van der Waals surface area contributed by atoms with Gasteiger partial charge in [-0.3, -0.25) is 0 Å². The molecule has 0 aromatic carbocycles. The number of aliphatic hydroxyl groups excluding tert-OH is 1. The second-order valence-corrected chi connectivity index (χ2v) is 4.27. The highest BCUT2D eigenvalue weighted by Crippen LogP contribution is 2.17. The topological polar surface area (TPSA) is 58.9 Å². The van der Waals surface area contributed by atoms with Gasteiger partial charge in [-0.15, -0.1) is 11.3 Å². The quantitative estimate of drug-likeness (QED) is 0.853. The van der Waals surface area contributed by atoms with Crippen LogP contribution in [0.1, 0.15) is 22.5 Å². The van der Waals surface area contributed by atoms with Gasteiger partial charge in [0.2, 0.25) is 0 Å². The van der Waals surface area contributed by atoms with Gasteiger partial charge in [-0.05, 0) is 13.0 Å². The van der Waals surface area contributed by atoms with Crippen LogP contribution in [0.25, 0.3) is 0 Å². The Balaban J connectivity index is 2.07. The summed E-state index contributed by atoms with van der Waals surface area (Å²) in [6, 6.07) is 1.71. The van der Waals surface area contributed by atoms with E-state index in [-0.39, 0.29) is 0 Å². The highest BCUT2D eigenvalue weighted by Gasteiger charge is 2.11. The Bertz CT molecular complexity index is 429. The van der Waals surface area contributed by atoms with Gasteiger partial charge >= 0.3 is 0 Å². The van der Waals surface area contributed by atoms with Crippen LogP contribution in [0.4, 0.5) is 0 Å². The first-order chi connectivity index (χ1) is 7.25. The SMILES string of the molecule is Cc1nc(CC(O)c2ccncn2)cs1. The van der Waals surface area contributed by atoms with Crippen LogP contribution in [-0.2, 0) is 6.42 Å². The van der Waals surface area contributed by atoms with Crippen LogP contribution in [0.3, 0.4) is 0 Å². The van der Waals surface area contributed by atoms with Crippen LogP contribution < -0.4 is 0 Å². The molecule has 0 aliphatic heterocycles. The summed E-state index contributed by atoms with van der Waals surface area (Å²) in [6.45, 7) is 1.95. The average molecular weight is 221 g/mol. The van der Waals surface area contributed by atoms with Gasteiger partial charge in [0, 0.05) is 18.0 Å². The Kier molecular flexibility index (Phi) is 3.03. The van der Waals surface area contributed by atoms with Crippen LogP contribution in [0.15, 0.2) is 24.0 Å². The Labute approximate surface area is 91.7 Å². The van der Waals surface area contributed by atoms with E-state index >= 15 is 0 Å². The molecule has 1 unspecified atom stereocenters. The van der Waals surface area contributed by atoms with Crippen LogP contribution in [0, 0.1) is 6.92 Å². The molecule has 15 heavy (non-hydrogen) atoms. The molecule has 1 N–H and O–H groups in total. The second kappa shape index (κ2) is 4.46. The molecule has 0 saturated carbocycles. The molecular weight excluding hydrogens is 210 g/mol. The lowest BCUT2D eigenvalue weighted by molar-refractivity contribution is 0.172. The van der Waals surface area contributed by atoms with E-state index in [9.17, 15) is 5.11 Å². The molecular formula is C10H11N3OS. The van der Waals surface area contributed by atoms with Crippen molar-refractivity contribution in [1.29, 1.82) is 0 Å². The monoisotopic (exact) mass is 221 g/mol. The molecule has 5 heteroatoms. The normalized spacial score (nSPS) is 12.7. The molecule has 2 aromatic rings. The summed E-state index contributed by atoms with van der Waals surface area (Å²) in [5.41, 5.74) is 1.54. The van der Waals surface area contributed by atoms with Crippen LogP contribution in [-0.4, -0.2) is 20.1 Å². The number of rotatable bonds is 3. The molecule has 1 atom stereocenters. The minimum Gasteiger partial charge on any atom is -0.386 e. The van der Waals surface area contributed by atoms with Crippen molar-refractivity contribution in [1.82, 2.24) is 15.0 Å². The van der Waals surface area contributed by atoms with E-state index in [0.29, 0.717) is 12.1 Å². The number of aliphatic hydroxyl groups is 1. The highest BCUT2D eigenvalue weighted by molar-refractivity contribution is 7.09. The molecule has 0 aliphatic carbocycles. The molecule has 0 spiro atoms. The third kappa shape index (κ3) is 2.57. The predicted octanol–water partition coefficient (Wildman–Crippen LogP) is 1.52. The third-order valence-corrected chi connectivity index (χ3v) is 2.84. The minimum absolute atomic E-state index is 0.501. The molecule has 0 radical (unpaired) electrons. The zero-order valence-electron chi connectivity index (χ0n) is 8.29. The van der Waals surface area contributed by atoms with Crippen molar-refractivity contribution in [3.63, 3.8) is 0 Å². The molecule has 0 fully saturated rings. The van der Waals surface area contributed by atoms with Gasteiger partial charge in [0.1, 0.15) is 12.4 Å². The van der Waals surface area contributed by atoms with Crippen molar-refractivity contribution in [2.45, 2.75) is 19.4 Å². The summed E-state index contributed by atoms with van der Waals surface area (Å²) in [5.74, 6) is 0. The van der Waals surface area contributed by atoms with E-state index in [2.05, 4.69) is 15.0 Å². The maximum absolute atomic E-state index is 9.86. The first-order valence-electron chi connectivity index (χ1n) is 4.60. The molecule has 0 saturated heterocycles. The summed E-state index contributed by atoms with van der Waals surface area (Å²) in [4.78, 5) is 12.1. The number of nitrogens with zero attached hydrogens (tertiary/aromatic N) is 3. The fourth-order valence-corrected chi connectivity index (χ4v) is 1.93. The van der Waals surface area contributed by atoms with Gasteiger partial charge in [0.25, 0.3) is 0 Å². The van der Waals surface area contributed by atoms with Crippen molar-refractivity contribution >= 4 is 11.3 Å². The van der Waals surface area contributed by atoms with Gasteiger partial charge in [-0.2, -0.15) is 0 Å². The van der Waals surface area contributed by atoms with Gasteiger partial charge < -0.3 is 5.11 Å². The van der Waals surface area contributed by atoms with Crippen molar-refractivity contribution in [2.24, 2.45) is 0 Å². The van der Waals surface area contributed by atoms with E-state index in [1.54, 1.807) is 23.6 Å². The van der Waals surface area contributed by atoms with Crippen LogP contribution in [0.2, 0.25) is 0 Å². The molecule has 2 rings (SSSR count). The highest BCUT2D eigenvalue weighted by atomic mass is 32.1. The lowest BCUT2D eigenvalue weighted by atomic mass is 10.1. The summed E-state index contributed by atoms with van der Waals surface area (Å²) in [5, 5.41) is 12.8. The van der Waals surface area contributed by atoms with Crippen molar-refractivity contribution < 1.29 is 5.11 Å². The molecule has 0 amide bonds. The Morgan fingerprint density at radius 1 is 1.53 bits per heavy atom. The third-order valence-electron chi connectivity index (χ3n) is 2.02. The largest absolute Gasteiger partial charge is 0.386 e. The first-order valence-corrected chi connectivity index (χ1v) is 5.48. The number of hydrogen-bond acceptors (Lipinski definition) is 5. The van der Waals surface area contributed by atoms with Gasteiger partial charge in [-0.25, -0.2) is 15.0 Å². The number of hydrogen-bond donors (Lipinski definition) is 1. The average Bonchev–Trinajstić information content (AvgIpc) is 2.65. The molecule has 4 nitrogen and oxygen atoms in total. The first kappa shape index (κ1) is 10.2. The van der Waals surface area contributed by atoms with Crippen molar-refractivity contribution in [3.8, 4) is 0 Å². The van der Waals surface area contributed by atoms with E-state index in [1.165, 1.54) is 6.33 Å². The maximum Gasteiger partial charge on any atom is 0.115 e. The second-order valence-electron chi connectivity index (χ2n) is 3.21. The fourth-order valence-electron chi connectivity index (χ4n) is 1.30. The van der Waals surface area contributed by atoms with E-state index in [0.717, 1.165) is 10.7 Å². The Morgan fingerprint density at radius 3 is 3.00 bits per heavy atom. The Morgan fingerprint density at radius 2 is 2.40 bits per heavy atom. The van der Waals surface area contributed by atoms with Crippen molar-refractivity contribution in [3.05, 3.63) is 40.4 Å². The maximum atomic E-state index is 9.86. The smallest absolute Gasteiger partial charge is 0.115 e. The molecule has 0 bridgehead atoms. The van der Waals surface area contributed by atoms with Crippen LogP contribution in [0.5, 0.6) is 0 Å². The number of aromatic nitrogens is 3. The summed E-state index contributed by atoms with van der Waals surface area (Å²) >= 11 is 1.59. The zero-order valence-corrected chi connectivity index (χ0v) is 9.11. The molecule has 2 heterocycles. The molecule has 0 aliphatic rings. The zero-order chi connectivity index (χ0) is 10.7. The van der Waals surface area contributed by atoms with Gasteiger partial charge in [0.05, 0.1) is 16.4 Å². The Hall–Kier alpha value is -1.33. The van der Waals surface area contributed by atoms with Crippen molar-refractivity contribution in [2.75, 3.05) is 0 Å². The molecule has 2 aromatic heterocycles. The van der Waals surface area contributed by atoms with E-state index < -0.39 is 6.10 Å². The molecule has 78 valence electrons. The summed E-state index contributed by atoms with van der Waals surface area (Å²) in [7, 11) is 0. The van der Waals surface area contributed by atoms with E-state index in [1.807, 2.05) is 12.3 Å². The lowest BCUT2D eigenvalue weighted by Crippen LogP contribution is -2.04. The standard InChI is InChI=1S/C10H11N3OS/c1-7-13-8(5-15-7)4-10(14)9-2-3-11-6-12-9/h2-3,5-6,10,14H,4H2,1H3. The van der Waals surface area contributed by atoms with Gasteiger partial charge in [-0.1, -0.05) is 0 Å². The summed E-state index contributed by atoms with van der Waals surface area (Å²) < 4.78 is 0. The van der Waals surface area contributed by atoms with Gasteiger partial charge in [0.15, 0.2) is 0 Å². The summed E-state index contributed by atoms with van der Waals surface area (Å²) in [6.07, 6.45) is 2.96. The lowest BCUT2D eigenvalue weighted by Gasteiger charge is -2.06. The number of aryl methyl sites for hydroxylation is 1. The number of thiazole rings is 1. The van der Waals surface area contributed by atoms with E-state index in [4.69, 9.17) is 0 Å². The van der Waals surface area contributed by atoms with Crippen LogP contribution >= 0.6 is 11.3 Å². The fraction of sp³-hybridized carbons (Fsp3) is 0.300. The minimum atomic E-state index is -0.602.